The molecule has 0 heterocycles. The largest absolute Gasteiger partial charge is 0.480 e. The second-order valence-corrected chi connectivity index (χ2v) is 10.8. The second-order valence-electron chi connectivity index (χ2n) is 6.66. The van der Waals surface area contributed by atoms with Crippen LogP contribution in [0.3, 0.4) is 0 Å². The van der Waals surface area contributed by atoms with Crippen molar-refractivity contribution in [3.8, 4) is 0 Å². The van der Waals surface area contributed by atoms with Gasteiger partial charge in [-0.1, -0.05) is 44.2 Å². The van der Waals surface area contributed by atoms with Crippen LogP contribution in [0.4, 0.5) is 0 Å². The van der Waals surface area contributed by atoms with E-state index in [0.29, 0.717) is 0 Å². The zero-order chi connectivity index (χ0) is 18.0. The van der Waals surface area contributed by atoms with E-state index < -0.39 is 18.5 Å². The van der Waals surface area contributed by atoms with Gasteiger partial charge in [0.1, 0.15) is 5.16 Å². The third kappa shape index (κ3) is 4.02. The highest BCUT2D eigenvalue weighted by Gasteiger charge is 2.49. The Morgan fingerprint density at radius 1 is 1.21 bits per heavy atom. The normalized spacial score (nSPS) is 16.7. The summed E-state index contributed by atoms with van der Waals surface area (Å²) >= 11 is 1.24. The summed E-state index contributed by atoms with van der Waals surface area (Å²) in [7, 11) is -3.89. The Hall–Kier alpha value is -1.29. The summed E-state index contributed by atoms with van der Waals surface area (Å²) in [6.45, 7) is 5.10. The van der Waals surface area contributed by atoms with E-state index in [1.54, 1.807) is 0 Å². The fraction of sp³-hybridized carbons (Fsp3) is 0.389. The Balaban J connectivity index is 2.20. The Labute approximate surface area is 146 Å². The molecule has 24 heavy (non-hydrogen) atoms. The van der Waals surface area contributed by atoms with Gasteiger partial charge in [0.15, 0.2) is 0 Å². The third-order valence-electron chi connectivity index (χ3n) is 4.16. The maximum Gasteiger partial charge on any atom is 0.319 e. The van der Waals surface area contributed by atoms with Crippen molar-refractivity contribution in [2.24, 2.45) is 5.92 Å². The number of fused-ring (bicyclic) bond motifs is 1. The Morgan fingerprint density at radius 3 is 2.42 bits per heavy atom. The molecule has 0 saturated carbocycles. The molecule has 0 aliphatic rings. The van der Waals surface area contributed by atoms with Gasteiger partial charge in [-0.3, -0.25) is 9.36 Å². The van der Waals surface area contributed by atoms with Gasteiger partial charge in [0.05, 0.1) is 5.49 Å². The van der Waals surface area contributed by atoms with E-state index in [1.165, 1.54) is 18.7 Å². The molecule has 6 heteroatoms. The number of carbonyl (C=O) groups is 1. The predicted octanol–water partition coefficient (Wildman–Crippen LogP) is 5.05. The van der Waals surface area contributed by atoms with Crippen molar-refractivity contribution in [1.29, 1.82) is 0 Å². The molecule has 2 atom stereocenters. The Bertz CT molecular complexity index is 789. The van der Waals surface area contributed by atoms with Gasteiger partial charge in [0.25, 0.3) is 0 Å². The summed E-state index contributed by atoms with van der Waals surface area (Å²) in [5.41, 5.74) is -0.110. The molecular weight excluding hydrogens is 343 g/mol. The molecule has 0 radical (unpaired) electrons. The van der Waals surface area contributed by atoms with Crippen molar-refractivity contribution in [3.63, 3.8) is 0 Å². The first-order valence-electron chi connectivity index (χ1n) is 7.82. The molecular formula is C18H23O4PS. The first kappa shape index (κ1) is 19.0. The summed E-state index contributed by atoms with van der Waals surface area (Å²) in [5.74, 6) is -1.18. The molecule has 130 valence electrons. The minimum atomic E-state index is -3.89. The van der Waals surface area contributed by atoms with E-state index in [1.807, 2.05) is 56.3 Å². The number of benzene rings is 2. The van der Waals surface area contributed by atoms with Crippen LogP contribution < -0.4 is 0 Å². The van der Waals surface area contributed by atoms with E-state index in [4.69, 9.17) is 0 Å². The maximum atomic E-state index is 12.8. The molecule has 2 N–H and O–H groups in total. The highest BCUT2D eigenvalue weighted by molar-refractivity contribution is 8.05. The van der Waals surface area contributed by atoms with Crippen LogP contribution in [0.2, 0.25) is 0 Å². The molecule has 0 aliphatic heterocycles. The maximum absolute atomic E-state index is 12.8. The fourth-order valence-electron chi connectivity index (χ4n) is 2.74. The Kier molecular flexibility index (Phi) is 5.79. The van der Waals surface area contributed by atoms with Crippen LogP contribution in [-0.2, 0) is 9.36 Å². The number of carboxylic acids is 1. The molecule has 0 fully saturated rings. The molecule has 4 nitrogen and oxygen atoms in total. The zero-order valence-electron chi connectivity index (χ0n) is 14.1. The van der Waals surface area contributed by atoms with E-state index in [9.17, 15) is 19.4 Å². The number of hydrogen-bond donors (Lipinski definition) is 2. The molecule has 0 amide bonds. The van der Waals surface area contributed by atoms with Crippen molar-refractivity contribution in [1.82, 2.24) is 0 Å². The SMILES string of the molecule is CC(C)CC(C)(C(=O)O)P(=O)(O)CSc1ccc2ccccc2c1. The van der Waals surface area contributed by atoms with Crippen molar-refractivity contribution < 1.29 is 19.4 Å². The van der Waals surface area contributed by atoms with E-state index in [2.05, 4.69) is 0 Å². The lowest BCUT2D eigenvalue weighted by Gasteiger charge is -2.31. The monoisotopic (exact) mass is 366 g/mol. The number of carboxylic acid groups (broad SMARTS) is 1. The van der Waals surface area contributed by atoms with Crippen molar-refractivity contribution >= 4 is 35.9 Å². The number of aliphatic carboxylic acids is 1. The first-order valence-corrected chi connectivity index (χ1v) is 10.7. The first-order chi connectivity index (χ1) is 11.2. The van der Waals surface area contributed by atoms with Crippen molar-refractivity contribution in [3.05, 3.63) is 42.5 Å². The van der Waals surface area contributed by atoms with Crippen LogP contribution >= 0.6 is 19.1 Å². The summed E-state index contributed by atoms with van der Waals surface area (Å²) in [6.07, 6.45) is 0.175. The summed E-state index contributed by atoms with van der Waals surface area (Å²) < 4.78 is 12.8. The highest BCUT2D eigenvalue weighted by atomic mass is 32.2. The third-order valence-corrected chi connectivity index (χ3v) is 8.58. The van der Waals surface area contributed by atoms with Gasteiger partial charge in [0, 0.05) is 4.90 Å². The zero-order valence-corrected chi connectivity index (χ0v) is 15.8. The van der Waals surface area contributed by atoms with Crippen LogP contribution in [-0.4, -0.2) is 26.6 Å². The summed E-state index contributed by atoms with van der Waals surface area (Å²) in [6, 6.07) is 13.7. The topological polar surface area (TPSA) is 74.6 Å². The molecule has 2 aromatic carbocycles. The van der Waals surface area contributed by atoms with Crippen molar-refractivity contribution in [2.75, 3.05) is 5.49 Å². The van der Waals surface area contributed by atoms with Gasteiger partial charge in [0.2, 0.25) is 7.37 Å². The van der Waals surface area contributed by atoms with Crippen LogP contribution in [0.25, 0.3) is 10.8 Å². The molecule has 0 spiro atoms. The Morgan fingerprint density at radius 2 is 1.83 bits per heavy atom. The minimum absolute atomic E-state index is 0.0252. The molecule has 2 aromatic rings. The van der Waals surface area contributed by atoms with E-state index >= 15 is 0 Å². The van der Waals surface area contributed by atoms with Crippen LogP contribution in [0.1, 0.15) is 27.2 Å². The van der Waals surface area contributed by atoms with E-state index in [-0.39, 0.29) is 17.8 Å². The fourth-order valence-corrected chi connectivity index (χ4v) is 6.50. The van der Waals surface area contributed by atoms with Crippen molar-refractivity contribution in [2.45, 2.75) is 37.2 Å². The van der Waals surface area contributed by atoms with Gasteiger partial charge in [-0.25, -0.2) is 0 Å². The van der Waals surface area contributed by atoms with Gasteiger partial charge < -0.3 is 10.00 Å². The predicted molar refractivity (Wildman–Crippen MR) is 100.0 cm³/mol. The standard InChI is InChI=1S/C18H23O4PS/c1-13(2)11-18(3,17(19)20)23(21,22)12-24-16-9-8-14-6-4-5-7-15(14)10-16/h4-10,13H,11-12H2,1-3H3,(H,19,20)(H,21,22). The lowest BCUT2D eigenvalue weighted by molar-refractivity contribution is -0.140. The average molecular weight is 366 g/mol. The van der Waals surface area contributed by atoms with Gasteiger partial charge in [-0.15, -0.1) is 11.8 Å². The lowest BCUT2D eigenvalue weighted by Crippen LogP contribution is -2.37. The van der Waals surface area contributed by atoms with Crippen LogP contribution in [0, 0.1) is 5.92 Å². The van der Waals surface area contributed by atoms with Gasteiger partial charge >= 0.3 is 5.97 Å². The van der Waals surface area contributed by atoms with Gasteiger partial charge in [-0.2, -0.15) is 0 Å². The van der Waals surface area contributed by atoms with Gasteiger partial charge in [-0.05, 0) is 42.2 Å². The molecule has 0 bridgehead atoms. The minimum Gasteiger partial charge on any atom is -0.480 e. The molecule has 0 aromatic heterocycles. The van der Waals surface area contributed by atoms with E-state index in [0.717, 1.165) is 15.7 Å². The van der Waals surface area contributed by atoms with Crippen LogP contribution in [0.5, 0.6) is 0 Å². The second kappa shape index (κ2) is 7.30. The number of rotatable bonds is 7. The molecule has 0 aliphatic carbocycles. The number of thioether (sulfide) groups is 1. The highest BCUT2D eigenvalue weighted by Crippen LogP contribution is 2.59. The summed E-state index contributed by atoms with van der Waals surface area (Å²) in [5, 5.41) is 10.0. The molecule has 2 unspecified atom stereocenters. The smallest absolute Gasteiger partial charge is 0.319 e. The average Bonchev–Trinajstić information content (AvgIpc) is 2.51. The molecule has 2 rings (SSSR count). The summed E-state index contributed by atoms with van der Waals surface area (Å²) in [4.78, 5) is 23.0. The van der Waals surface area contributed by atoms with Crippen LogP contribution in [0.15, 0.2) is 47.4 Å². The quantitative estimate of drug-likeness (QED) is 0.530. The molecule has 0 saturated heterocycles. The number of hydrogen-bond acceptors (Lipinski definition) is 3. The lowest BCUT2D eigenvalue weighted by atomic mass is 9.98.